The number of rotatable bonds is 2. The highest BCUT2D eigenvalue weighted by Crippen LogP contribution is 2.23. The van der Waals surface area contributed by atoms with Crippen LogP contribution in [0.4, 0.5) is 5.69 Å². The maximum absolute atomic E-state index is 10.6. The molecule has 3 N–H and O–H groups in total. The third-order valence-electron chi connectivity index (χ3n) is 1.92. The Morgan fingerprint density at radius 1 is 1.62 bits per heavy atom. The molecule has 0 radical (unpaired) electrons. The lowest BCUT2D eigenvalue weighted by molar-refractivity contribution is -0.138. The third kappa shape index (κ3) is 2.15. The van der Waals surface area contributed by atoms with E-state index in [0.717, 1.165) is 0 Å². The zero-order valence-electron chi connectivity index (χ0n) is 7.19. The van der Waals surface area contributed by atoms with Gasteiger partial charge in [0, 0.05) is 10.6 Å². The number of benzene rings is 1. The van der Waals surface area contributed by atoms with E-state index in [9.17, 15) is 4.79 Å². The first-order valence-electron chi connectivity index (χ1n) is 3.83. The largest absolute Gasteiger partial charge is 0.481 e. The van der Waals surface area contributed by atoms with E-state index >= 15 is 0 Å². The van der Waals surface area contributed by atoms with Crippen LogP contribution in [-0.2, 0) is 4.79 Å². The molecule has 70 valence electrons. The Labute approximate surface area is 82.0 Å². The Kier molecular flexibility index (Phi) is 2.83. The Hall–Kier alpha value is -1.16. The monoisotopic (exact) mass is 197 g/mol. The van der Waals surface area contributed by atoms with Gasteiger partial charge in [-0.15, -0.1) is 12.6 Å². The minimum atomic E-state index is -0.850. The minimum Gasteiger partial charge on any atom is -0.481 e. The van der Waals surface area contributed by atoms with Crippen molar-refractivity contribution in [2.24, 2.45) is 0 Å². The molecule has 1 aromatic carbocycles. The molecular formula is C9H11NO2S. The van der Waals surface area contributed by atoms with Crippen LogP contribution in [0.5, 0.6) is 0 Å². The molecule has 0 bridgehead atoms. The molecule has 13 heavy (non-hydrogen) atoms. The van der Waals surface area contributed by atoms with Gasteiger partial charge in [-0.1, -0.05) is 6.07 Å². The number of hydrogen-bond acceptors (Lipinski definition) is 3. The van der Waals surface area contributed by atoms with E-state index in [2.05, 4.69) is 12.6 Å². The van der Waals surface area contributed by atoms with Crippen molar-refractivity contribution in [1.29, 1.82) is 0 Å². The van der Waals surface area contributed by atoms with Gasteiger partial charge in [0.1, 0.15) is 0 Å². The van der Waals surface area contributed by atoms with Crippen LogP contribution in [0.3, 0.4) is 0 Å². The molecule has 1 rings (SSSR count). The molecule has 1 unspecified atom stereocenters. The van der Waals surface area contributed by atoms with Crippen molar-refractivity contribution in [3.05, 3.63) is 23.8 Å². The Balaban J connectivity index is 3.03. The van der Waals surface area contributed by atoms with Gasteiger partial charge in [-0.05, 0) is 24.6 Å². The first-order valence-corrected chi connectivity index (χ1v) is 4.28. The number of nitrogens with two attached hydrogens (primary N) is 1. The normalized spacial score (nSPS) is 12.5. The highest BCUT2D eigenvalue weighted by atomic mass is 32.1. The van der Waals surface area contributed by atoms with Crippen LogP contribution in [0.15, 0.2) is 23.1 Å². The number of hydrogen-bond donors (Lipinski definition) is 3. The maximum Gasteiger partial charge on any atom is 0.310 e. The second-order valence-corrected chi connectivity index (χ2v) is 3.36. The number of aliphatic carboxylic acids is 1. The third-order valence-corrected chi connectivity index (χ3v) is 2.31. The summed E-state index contributed by atoms with van der Waals surface area (Å²) in [6, 6.07) is 5.04. The molecule has 0 saturated carbocycles. The number of carboxylic acids is 1. The van der Waals surface area contributed by atoms with E-state index < -0.39 is 11.9 Å². The molecule has 0 aromatic heterocycles. The molecule has 0 aliphatic heterocycles. The van der Waals surface area contributed by atoms with Gasteiger partial charge in [0.2, 0.25) is 0 Å². The SMILES string of the molecule is CC(C(=O)O)c1ccc(N)c(S)c1. The molecule has 1 atom stereocenters. The van der Waals surface area contributed by atoms with Crippen molar-refractivity contribution < 1.29 is 9.90 Å². The molecule has 0 fully saturated rings. The summed E-state index contributed by atoms with van der Waals surface area (Å²) < 4.78 is 0. The van der Waals surface area contributed by atoms with Crippen molar-refractivity contribution in [3.8, 4) is 0 Å². The van der Waals surface area contributed by atoms with E-state index in [0.29, 0.717) is 16.1 Å². The number of nitrogen functional groups attached to an aromatic ring is 1. The van der Waals surface area contributed by atoms with Crippen LogP contribution in [0.1, 0.15) is 18.4 Å². The average Bonchev–Trinajstić information content (AvgIpc) is 2.08. The van der Waals surface area contributed by atoms with Crippen molar-refractivity contribution in [3.63, 3.8) is 0 Å². The first kappa shape index (κ1) is 9.92. The zero-order valence-corrected chi connectivity index (χ0v) is 8.08. The summed E-state index contributed by atoms with van der Waals surface area (Å²) >= 11 is 4.11. The highest BCUT2D eigenvalue weighted by Gasteiger charge is 2.13. The van der Waals surface area contributed by atoms with Gasteiger partial charge in [0.25, 0.3) is 0 Å². The molecule has 0 aliphatic carbocycles. The summed E-state index contributed by atoms with van der Waals surface area (Å²) in [5.74, 6) is -1.37. The van der Waals surface area contributed by atoms with Gasteiger partial charge in [-0.2, -0.15) is 0 Å². The summed E-state index contributed by atoms with van der Waals surface area (Å²) in [6.45, 7) is 1.63. The molecule has 1 aromatic rings. The van der Waals surface area contributed by atoms with Gasteiger partial charge in [-0.3, -0.25) is 4.79 Å². The molecule has 0 spiro atoms. The summed E-state index contributed by atoms with van der Waals surface area (Å²) in [7, 11) is 0. The highest BCUT2D eigenvalue weighted by molar-refractivity contribution is 7.80. The minimum absolute atomic E-state index is 0.522. The van der Waals surface area contributed by atoms with Gasteiger partial charge in [-0.25, -0.2) is 0 Å². The average molecular weight is 197 g/mol. The molecular weight excluding hydrogens is 186 g/mol. The Morgan fingerprint density at radius 3 is 2.69 bits per heavy atom. The zero-order chi connectivity index (χ0) is 10.0. The predicted molar refractivity (Wildman–Crippen MR) is 54.2 cm³/mol. The molecule has 4 heteroatoms. The molecule has 0 saturated heterocycles. The maximum atomic E-state index is 10.6. The molecule has 0 heterocycles. The topological polar surface area (TPSA) is 63.3 Å². The molecule has 3 nitrogen and oxygen atoms in total. The van der Waals surface area contributed by atoms with Crippen molar-refractivity contribution in [2.45, 2.75) is 17.7 Å². The number of carboxylic acid groups (broad SMARTS) is 1. The fourth-order valence-corrected chi connectivity index (χ4v) is 1.20. The standard InChI is InChI=1S/C9H11NO2S/c1-5(9(11)12)6-2-3-7(10)8(13)4-6/h2-5,13H,10H2,1H3,(H,11,12). The quantitative estimate of drug-likeness (QED) is 0.500. The van der Waals surface area contributed by atoms with Crippen molar-refractivity contribution in [2.75, 3.05) is 5.73 Å². The van der Waals surface area contributed by atoms with E-state index in [1.54, 1.807) is 25.1 Å². The van der Waals surface area contributed by atoms with Crippen molar-refractivity contribution >= 4 is 24.3 Å². The molecule has 0 aliphatic rings. The van der Waals surface area contributed by atoms with Crippen LogP contribution in [0, 0.1) is 0 Å². The second-order valence-electron chi connectivity index (χ2n) is 2.88. The van der Waals surface area contributed by atoms with Crippen LogP contribution >= 0.6 is 12.6 Å². The summed E-state index contributed by atoms with van der Waals surface area (Å²) in [5.41, 5.74) is 6.82. The van der Waals surface area contributed by atoms with Gasteiger partial charge in [0.05, 0.1) is 5.92 Å². The number of thiol groups is 1. The van der Waals surface area contributed by atoms with E-state index in [-0.39, 0.29) is 0 Å². The van der Waals surface area contributed by atoms with E-state index in [1.165, 1.54) is 0 Å². The second kappa shape index (κ2) is 3.70. The fraction of sp³-hybridized carbons (Fsp3) is 0.222. The summed E-state index contributed by atoms with van der Waals surface area (Å²) in [4.78, 5) is 11.3. The predicted octanol–water partition coefficient (Wildman–Crippen LogP) is 1.75. The van der Waals surface area contributed by atoms with Crippen LogP contribution in [-0.4, -0.2) is 11.1 Å². The summed E-state index contributed by atoms with van der Waals surface area (Å²) in [5, 5.41) is 8.74. The number of anilines is 1. The lowest BCUT2D eigenvalue weighted by Crippen LogP contribution is -2.07. The van der Waals surface area contributed by atoms with Gasteiger partial charge < -0.3 is 10.8 Å². The summed E-state index contributed by atoms with van der Waals surface area (Å²) in [6.07, 6.45) is 0. The lowest BCUT2D eigenvalue weighted by atomic mass is 10.0. The van der Waals surface area contributed by atoms with E-state index in [4.69, 9.17) is 10.8 Å². The van der Waals surface area contributed by atoms with Crippen LogP contribution in [0.25, 0.3) is 0 Å². The molecule has 0 amide bonds. The van der Waals surface area contributed by atoms with Gasteiger partial charge >= 0.3 is 5.97 Å². The fourth-order valence-electron chi connectivity index (χ4n) is 0.973. The van der Waals surface area contributed by atoms with Gasteiger partial charge in [0.15, 0.2) is 0 Å². The smallest absolute Gasteiger partial charge is 0.310 e. The van der Waals surface area contributed by atoms with Crippen molar-refractivity contribution in [1.82, 2.24) is 0 Å². The first-order chi connectivity index (χ1) is 6.02. The Morgan fingerprint density at radius 2 is 2.23 bits per heavy atom. The number of carbonyl (C=O) groups is 1. The lowest BCUT2D eigenvalue weighted by Gasteiger charge is -2.08. The Bertz CT molecular complexity index is 338. The van der Waals surface area contributed by atoms with E-state index in [1.807, 2.05) is 0 Å². The van der Waals surface area contributed by atoms with Crippen LogP contribution < -0.4 is 5.73 Å². The van der Waals surface area contributed by atoms with Crippen LogP contribution in [0.2, 0.25) is 0 Å².